The van der Waals surface area contributed by atoms with E-state index in [1.807, 2.05) is 0 Å². The van der Waals surface area contributed by atoms with Gasteiger partial charge in [-0.25, -0.2) is 4.79 Å². The van der Waals surface area contributed by atoms with Crippen molar-refractivity contribution >= 4 is 63.3 Å². The van der Waals surface area contributed by atoms with Gasteiger partial charge in [0.15, 0.2) is 5.11 Å². The van der Waals surface area contributed by atoms with Crippen molar-refractivity contribution in [3.05, 3.63) is 94.1 Å². The number of nitrogens with one attached hydrogen (secondary N) is 2. The Labute approximate surface area is 235 Å². The van der Waals surface area contributed by atoms with Crippen LogP contribution in [0.15, 0.2) is 66.7 Å². The molecular weight excluding hydrogens is 538 g/mol. The molecule has 10 heteroatoms. The first-order valence-corrected chi connectivity index (χ1v) is 12.9. The van der Waals surface area contributed by atoms with Crippen LogP contribution in [0.3, 0.4) is 0 Å². The molecule has 0 atom stereocenters. The number of rotatable bonds is 7. The maximum atomic E-state index is 13.5. The van der Waals surface area contributed by atoms with E-state index in [1.165, 1.54) is 0 Å². The second-order valence-electron chi connectivity index (χ2n) is 8.57. The highest BCUT2D eigenvalue weighted by Crippen LogP contribution is 2.31. The average Bonchev–Trinajstić information content (AvgIpc) is 3.19. The minimum atomic E-state index is -0.416. The van der Waals surface area contributed by atoms with E-state index in [2.05, 4.69) is 10.6 Å². The summed E-state index contributed by atoms with van der Waals surface area (Å²) in [5.41, 5.74) is 3.42. The Morgan fingerprint density at radius 2 is 1.64 bits per heavy atom. The lowest BCUT2D eigenvalue weighted by atomic mass is 10.1. The van der Waals surface area contributed by atoms with Crippen LogP contribution in [0.4, 0.5) is 5.69 Å². The molecule has 0 unspecified atom stereocenters. The van der Waals surface area contributed by atoms with Crippen LogP contribution < -0.4 is 15.4 Å². The fourth-order valence-electron chi connectivity index (χ4n) is 4.19. The number of nitrogens with zero attached hydrogens (tertiary/aromatic N) is 1. The number of ether oxygens (including phenoxy) is 2. The van der Waals surface area contributed by atoms with Crippen LogP contribution in [0.2, 0.25) is 5.02 Å². The summed E-state index contributed by atoms with van der Waals surface area (Å²) in [6.07, 6.45) is -0.0278. The first-order chi connectivity index (χ1) is 18.7. The monoisotopic (exact) mass is 563 g/mol. The van der Waals surface area contributed by atoms with Crippen LogP contribution in [0.25, 0.3) is 10.9 Å². The zero-order chi connectivity index (χ0) is 28.1. The summed E-state index contributed by atoms with van der Waals surface area (Å²) in [6, 6.07) is 18.5. The van der Waals surface area contributed by atoms with Crippen LogP contribution in [-0.4, -0.2) is 41.2 Å². The number of benzene rings is 3. The fourth-order valence-corrected chi connectivity index (χ4v) is 4.55. The van der Waals surface area contributed by atoms with Crippen molar-refractivity contribution in [2.45, 2.75) is 20.3 Å². The second kappa shape index (κ2) is 12.1. The third kappa shape index (κ3) is 6.27. The number of thiocarbonyl (C=S) groups is 1. The Morgan fingerprint density at radius 1 is 0.974 bits per heavy atom. The van der Waals surface area contributed by atoms with Crippen molar-refractivity contribution in [3.8, 4) is 5.75 Å². The first-order valence-electron chi connectivity index (χ1n) is 12.1. The molecule has 0 fully saturated rings. The van der Waals surface area contributed by atoms with Gasteiger partial charge in [0.05, 0.1) is 31.2 Å². The second-order valence-corrected chi connectivity index (χ2v) is 9.42. The Morgan fingerprint density at radius 3 is 2.28 bits per heavy atom. The first kappa shape index (κ1) is 27.8. The molecule has 0 aliphatic rings. The number of fused-ring (bicyclic) bond motifs is 1. The highest BCUT2D eigenvalue weighted by molar-refractivity contribution is 7.80. The molecule has 4 aromatic rings. The van der Waals surface area contributed by atoms with Gasteiger partial charge in [0.2, 0.25) is 5.91 Å². The van der Waals surface area contributed by atoms with Gasteiger partial charge < -0.3 is 20.1 Å². The number of methoxy groups -OCH3 is 1. The summed E-state index contributed by atoms with van der Waals surface area (Å²) in [5.74, 6) is -0.418. The number of hydrogen-bond donors (Lipinski definition) is 2. The molecule has 3 aromatic carbocycles. The lowest BCUT2D eigenvalue weighted by Gasteiger charge is -2.11. The van der Waals surface area contributed by atoms with Crippen molar-refractivity contribution in [2.24, 2.45) is 0 Å². The summed E-state index contributed by atoms with van der Waals surface area (Å²) in [4.78, 5) is 38.3. The van der Waals surface area contributed by atoms with Gasteiger partial charge in [0.25, 0.3) is 5.91 Å². The van der Waals surface area contributed by atoms with Gasteiger partial charge in [0.1, 0.15) is 5.75 Å². The van der Waals surface area contributed by atoms with Gasteiger partial charge >= 0.3 is 5.97 Å². The van der Waals surface area contributed by atoms with E-state index >= 15 is 0 Å². The molecule has 0 aliphatic carbocycles. The van der Waals surface area contributed by atoms with E-state index in [0.29, 0.717) is 44.4 Å². The van der Waals surface area contributed by atoms with Gasteiger partial charge in [-0.3, -0.25) is 14.2 Å². The molecule has 0 saturated carbocycles. The molecule has 39 heavy (non-hydrogen) atoms. The van der Waals surface area contributed by atoms with Gasteiger partial charge in [-0.05, 0) is 98.4 Å². The van der Waals surface area contributed by atoms with Crippen molar-refractivity contribution in [3.63, 3.8) is 0 Å². The molecule has 0 aliphatic heterocycles. The van der Waals surface area contributed by atoms with E-state index < -0.39 is 5.97 Å². The lowest BCUT2D eigenvalue weighted by Crippen LogP contribution is -2.35. The number of halogens is 1. The maximum absolute atomic E-state index is 13.5. The standard InChI is InChI=1S/C29H26ClN3O5S/c1-4-38-28(36)19-7-11-21(12-8-19)31-29(39)32-26(34)16-23-17(2)33(25-14-13-22(37-3)15-24(23)25)27(35)18-5-9-20(30)10-6-18/h5-15H,4,16H2,1-3H3,(H2,31,32,34,39). The van der Waals surface area contributed by atoms with Crippen molar-refractivity contribution in [1.82, 2.24) is 9.88 Å². The largest absolute Gasteiger partial charge is 0.497 e. The molecule has 200 valence electrons. The summed E-state index contributed by atoms with van der Waals surface area (Å²) in [6.45, 7) is 3.82. The highest BCUT2D eigenvalue weighted by Gasteiger charge is 2.22. The number of amides is 1. The summed E-state index contributed by atoms with van der Waals surface area (Å²) >= 11 is 11.3. The smallest absolute Gasteiger partial charge is 0.338 e. The molecule has 1 heterocycles. The van der Waals surface area contributed by atoms with Gasteiger partial charge in [-0.2, -0.15) is 0 Å². The predicted octanol–water partition coefficient (Wildman–Crippen LogP) is 5.53. The quantitative estimate of drug-likeness (QED) is 0.225. The zero-order valence-corrected chi connectivity index (χ0v) is 23.1. The summed E-state index contributed by atoms with van der Waals surface area (Å²) in [5, 5.41) is 6.96. The van der Waals surface area contributed by atoms with Crippen LogP contribution in [0, 0.1) is 6.92 Å². The van der Waals surface area contributed by atoms with Crippen molar-refractivity contribution in [1.29, 1.82) is 0 Å². The summed E-state index contributed by atoms with van der Waals surface area (Å²) < 4.78 is 12.0. The fraction of sp³-hybridized carbons (Fsp3) is 0.172. The predicted molar refractivity (Wildman–Crippen MR) is 155 cm³/mol. The maximum Gasteiger partial charge on any atom is 0.338 e. The highest BCUT2D eigenvalue weighted by atomic mass is 35.5. The molecule has 0 saturated heterocycles. The molecule has 8 nitrogen and oxygen atoms in total. The molecule has 4 rings (SSSR count). The van der Waals surface area contributed by atoms with Gasteiger partial charge in [0, 0.05) is 27.4 Å². The van der Waals surface area contributed by atoms with Crippen LogP contribution in [0.5, 0.6) is 5.75 Å². The number of hydrogen-bond acceptors (Lipinski definition) is 6. The van der Waals surface area contributed by atoms with Crippen LogP contribution in [-0.2, 0) is 16.0 Å². The van der Waals surface area contributed by atoms with E-state index in [1.54, 1.807) is 92.3 Å². The third-order valence-corrected chi connectivity index (χ3v) is 6.54. The number of anilines is 1. The lowest BCUT2D eigenvalue weighted by molar-refractivity contribution is -0.119. The Bertz CT molecular complexity index is 1560. The molecular formula is C29H26ClN3O5S. The van der Waals surface area contributed by atoms with Crippen LogP contribution in [0.1, 0.15) is 38.9 Å². The van der Waals surface area contributed by atoms with E-state index in [-0.39, 0.29) is 30.0 Å². The van der Waals surface area contributed by atoms with E-state index in [4.69, 9.17) is 33.3 Å². The number of esters is 1. The van der Waals surface area contributed by atoms with E-state index in [0.717, 1.165) is 5.39 Å². The average molecular weight is 564 g/mol. The summed E-state index contributed by atoms with van der Waals surface area (Å²) in [7, 11) is 1.56. The molecule has 0 bridgehead atoms. The minimum absolute atomic E-state index is 0.0278. The topological polar surface area (TPSA) is 98.7 Å². The molecule has 1 aromatic heterocycles. The Kier molecular flexibility index (Phi) is 8.63. The van der Waals surface area contributed by atoms with Crippen LogP contribution >= 0.6 is 23.8 Å². The molecule has 0 spiro atoms. The number of aromatic nitrogens is 1. The van der Waals surface area contributed by atoms with Gasteiger partial charge in [-0.1, -0.05) is 11.6 Å². The van der Waals surface area contributed by atoms with Gasteiger partial charge in [-0.15, -0.1) is 0 Å². The van der Waals surface area contributed by atoms with E-state index in [9.17, 15) is 14.4 Å². The normalized spacial score (nSPS) is 10.7. The minimum Gasteiger partial charge on any atom is -0.497 e. The van der Waals surface area contributed by atoms with Crippen molar-refractivity contribution in [2.75, 3.05) is 19.0 Å². The molecule has 0 radical (unpaired) electrons. The number of carbonyl (C=O) groups excluding carboxylic acids is 3. The molecule has 1 amide bonds. The molecule has 2 N–H and O–H groups in total. The Hall–Kier alpha value is -4.21. The van der Waals surface area contributed by atoms with Crippen molar-refractivity contribution < 1.29 is 23.9 Å². The third-order valence-electron chi connectivity index (χ3n) is 6.08. The Balaban J connectivity index is 1.54. The SMILES string of the molecule is CCOC(=O)c1ccc(NC(=S)NC(=O)Cc2c(C)n(C(=O)c3ccc(Cl)cc3)c3ccc(OC)cc23)cc1. The number of carbonyl (C=O) groups is 3. The zero-order valence-electron chi connectivity index (χ0n) is 21.5.